The second-order valence-electron chi connectivity index (χ2n) is 7.11. The molecule has 0 spiro atoms. The van der Waals surface area contributed by atoms with Crippen molar-refractivity contribution < 1.29 is 9.59 Å². The predicted octanol–water partition coefficient (Wildman–Crippen LogP) is 1.48. The molecule has 1 heterocycles. The summed E-state index contributed by atoms with van der Waals surface area (Å²) in [5.74, 6) is 0.407. The van der Waals surface area contributed by atoms with Gasteiger partial charge in [0.15, 0.2) is 0 Å². The van der Waals surface area contributed by atoms with Gasteiger partial charge in [-0.15, -0.1) is 0 Å². The molecular weight excluding hydrogens is 316 g/mol. The maximum Gasteiger partial charge on any atom is 0.315 e. The van der Waals surface area contributed by atoms with Crippen molar-refractivity contribution in [3.63, 3.8) is 0 Å². The Morgan fingerprint density at radius 2 is 1.72 bits per heavy atom. The molecule has 1 saturated heterocycles. The summed E-state index contributed by atoms with van der Waals surface area (Å²) < 4.78 is 0. The molecule has 6 heteroatoms. The van der Waals surface area contributed by atoms with Gasteiger partial charge in [-0.2, -0.15) is 0 Å². The Bertz CT molecular complexity index is 566. The molecule has 0 atom stereocenters. The van der Waals surface area contributed by atoms with Gasteiger partial charge in [0.05, 0.1) is 6.54 Å². The van der Waals surface area contributed by atoms with Crippen molar-refractivity contribution in [1.29, 1.82) is 0 Å². The molecule has 1 aromatic carbocycles. The number of amides is 3. The molecule has 136 valence electrons. The van der Waals surface area contributed by atoms with E-state index < -0.39 is 0 Å². The molecule has 3 rings (SSSR count). The summed E-state index contributed by atoms with van der Waals surface area (Å²) in [7, 11) is 0. The second-order valence-corrected chi connectivity index (χ2v) is 7.11. The Morgan fingerprint density at radius 1 is 1.00 bits per heavy atom. The molecule has 25 heavy (non-hydrogen) atoms. The highest BCUT2D eigenvalue weighted by Gasteiger charge is 2.23. The fourth-order valence-electron chi connectivity index (χ4n) is 3.16. The summed E-state index contributed by atoms with van der Waals surface area (Å²) >= 11 is 0. The molecule has 0 bridgehead atoms. The van der Waals surface area contributed by atoms with Gasteiger partial charge in [-0.3, -0.25) is 9.69 Å². The zero-order valence-electron chi connectivity index (χ0n) is 14.7. The molecule has 0 radical (unpaired) electrons. The molecule has 1 aliphatic heterocycles. The molecule has 1 aromatic rings. The van der Waals surface area contributed by atoms with Crippen LogP contribution in [0.1, 0.15) is 31.2 Å². The Kier molecular flexibility index (Phi) is 6.28. The maximum absolute atomic E-state index is 11.8. The Morgan fingerprint density at radius 3 is 2.40 bits per heavy atom. The minimum atomic E-state index is -0.252. The number of carbonyl (C=O) groups is 2. The van der Waals surface area contributed by atoms with Crippen LogP contribution in [0.2, 0.25) is 0 Å². The third-order valence-corrected chi connectivity index (χ3v) is 4.86. The number of rotatable bonds is 7. The van der Waals surface area contributed by atoms with Gasteiger partial charge in [0.25, 0.3) is 0 Å². The lowest BCUT2D eigenvalue weighted by atomic mass is 9.96. The summed E-state index contributed by atoms with van der Waals surface area (Å²) in [6.45, 7) is 3.85. The minimum absolute atomic E-state index is 0.0534. The first-order chi connectivity index (χ1) is 12.2. The highest BCUT2D eigenvalue weighted by molar-refractivity contribution is 5.84. The summed E-state index contributed by atoms with van der Waals surface area (Å²) in [6.07, 6.45) is 4.30. The van der Waals surface area contributed by atoms with E-state index in [1.807, 2.05) is 6.07 Å². The predicted molar refractivity (Wildman–Crippen MR) is 97.0 cm³/mol. The first kappa shape index (κ1) is 17.7. The number of nitrogens with one attached hydrogen (secondary N) is 3. The smallest absolute Gasteiger partial charge is 0.315 e. The number of piperidine rings is 1. The number of benzene rings is 1. The molecule has 3 N–H and O–H groups in total. The second kappa shape index (κ2) is 8.85. The molecule has 0 unspecified atom stereocenters. The van der Waals surface area contributed by atoms with Crippen LogP contribution in [-0.2, 0) is 11.3 Å². The van der Waals surface area contributed by atoms with Crippen LogP contribution in [0, 0.1) is 5.92 Å². The van der Waals surface area contributed by atoms with Gasteiger partial charge in [-0.1, -0.05) is 30.3 Å². The molecule has 6 nitrogen and oxygen atoms in total. The molecule has 1 aliphatic carbocycles. The van der Waals surface area contributed by atoms with Crippen LogP contribution in [0.4, 0.5) is 4.79 Å². The van der Waals surface area contributed by atoms with Crippen LogP contribution in [0.3, 0.4) is 0 Å². The normalized spacial score (nSPS) is 18.6. The molecule has 2 fully saturated rings. The van der Waals surface area contributed by atoms with Crippen LogP contribution < -0.4 is 16.0 Å². The van der Waals surface area contributed by atoms with E-state index in [-0.39, 0.29) is 18.5 Å². The van der Waals surface area contributed by atoms with Gasteiger partial charge in [-0.25, -0.2) is 4.79 Å². The average Bonchev–Trinajstić information content (AvgIpc) is 3.44. The standard InChI is InChI=1S/C19H28N4O2/c24-18(22-17-6-7-17)13-21-19(25)20-12-15-8-10-23(11-9-15)14-16-4-2-1-3-5-16/h1-5,15,17H,6-14H2,(H,22,24)(H2,20,21,25). The zero-order valence-corrected chi connectivity index (χ0v) is 14.7. The van der Waals surface area contributed by atoms with E-state index in [4.69, 9.17) is 0 Å². The Hall–Kier alpha value is -2.08. The van der Waals surface area contributed by atoms with E-state index in [0.29, 0.717) is 18.5 Å². The van der Waals surface area contributed by atoms with Gasteiger partial charge < -0.3 is 16.0 Å². The van der Waals surface area contributed by atoms with Gasteiger partial charge in [0, 0.05) is 19.1 Å². The first-order valence-corrected chi connectivity index (χ1v) is 9.26. The lowest BCUT2D eigenvalue weighted by Crippen LogP contribution is -2.45. The lowest BCUT2D eigenvalue weighted by molar-refractivity contribution is -0.120. The summed E-state index contributed by atoms with van der Waals surface area (Å²) in [4.78, 5) is 25.8. The third-order valence-electron chi connectivity index (χ3n) is 4.86. The van der Waals surface area contributed by atoms with Crippen LogP contribution >= 0.6 is 0 Å². The van der Waals surface area contributed by atoms with E-state index >= 15 is 0 Å². The summed E-state index contributed by atoms with van der Waals surface area (Å²) in [5.41, 5.74) is 1.35. The first-order valence-electron chi connectivity index (χ1n) is 9.26. The number of likely N-dealkylation sites (tertiary alicyclic amines) is 1. The summed E-state index contributed by atoms with van der Waals surface area (Å²) in [5, 5.41) is 8.37. The highest BCUT2D eigenvalue weighted by atomic mass is 16.2. The van der Waals surface area contributed by atoms with Gasteiger partial charge >= 0.3 is 6.03 Å². The average molecular weight is 344 g/mol. The lowest BCUT2D eigenvalue weighted by Gasteiger charge is -2.32. The van der Waals surface area contributed by atoms with Crippen LogP contribution in [0.5, 0.6) is 0 Å². The number of hydrogen-bond donors (Lipinski definition) is 3. The van der Waals surface area contributed by atoms with E-state index in [1.54, 1.807) is 0 Å². The number of nitrogens with zero attached hydrogens (tertiary/aromatic N) is 1. The fraction of sp³-hybridized carbons (Fsp3) is 0.579. The van der Waals surface area contributed by atoms with Crippen molar-refractivity contribution in [3.8, 4) is 0 Å². The third kappa shape index (κ3) is 6.38. The van der Waals surface area contributed by atoms with Crippen LogP contribution in [0.25, 0.3) is 0 Å². The Labute approximate surface area is 149 Å². The van der Waals surface area contributed by atoms with Crippen molar-refractivity contribution in [2.24, 2.45) is 5.92 Å². The van der Waals surface area contributed by atoms with Crippen LogP contribution in [0.15, 0.2) is 30.3 Å². The topological polar surface area (TPSA) is 73.5 Å². The number of carbonyl (C=O) groups excluding carboxylic acids is 2. The zero-order chi connectivity index (χ0) is 17.5. The van der Waals surface area contributed by atoms with E-state index in [9.17, 15) is 9.59 Å². The van der Waals surface area contributed by atoms with Crippen molar-refractivity contribution in [1.82, 2.24) is 20.9 Å². The van der Waals surface area contributed by atoms with Gasteiger partial charge in [-0.05, 0) is 50.3 Å². The maximum atomic E-state index is 11.8. The van der Waals surface area contributed by atoms with Crippen LogP contribution in [-0.4, -0.2) is 49.1 Å². The highest BCUT2D eigenvalue weighted by Crippen LogP contribution is 2.19. The molecule has 0 aromatic heterocycles. The molecular formula is C19H28N4O2. The number of hydrogen-bond acceptors (Lipinski definition) is 3. The SMILES string of the molecule is O=C(CNC(=O)NCC1CCN(Cc2ccccc2)CC1)NC1CC1. The monoisotopic (exact) mass is 344 g/mol. The van der Waals surface area contributed by atoms with E-state index in [2.05, 4.69) is 45.1 Å². The largest absolute Gasteiger partial charge is 0.352 e. The van der Waals surface area contributed by atoms with Crippen molar-refractivity contribution in [2.75, 3.05) is 26.2 Å². The van der Waals surface area contributed by atoms with E-state index in [1.165, 1.54) is 5.56 Å². The van der Waals surface area contributed by atoms with Crippen molar-refractivity contribution in [2.45, 2.75) is 38.3 Å². The molecule has 2 aliphatic rings. The van der Waals surface area contributed by atoms with Gasteiger partial charge in [0.2, 0.25) is 5.91 Å². The van der Waals surface area contributed by atoms with E-state index in [0.717, 1.165) is 45.3 Å². The molecule has 3 amide bonds. The van der Waals surface area contributed by atoms with Gasteiger partial charge in [0.1, 0.15) is 0 Å². The number of urea groups is 1. The molecule has 1 saturated carbocycles. The van der Waals surface area contributed by atoms with Crippen molar-refractivity contribution in [3.05, 3.63) is 35.9 Å². The Balaban J connectivity index is 1.27. The quantitative estimate of drug-likeness (QED) is 0.701. The van der Waals surface area contributed by atoms with Crippen molar-refractivity contribution >= 4 is 11.9 Å². The minimum Gasteiger partial charge on any atom is -0.352 e. The summed E-state index contributed by atoms with van der Waals surface area (Å²) in [6, 6.07) is 10.6. The fourth-order valence-corrected chi connectivity index (χ4v) is 3.16.